The van der Waals surface area contributed by atoms with Gasteiger partial charge in [-0.1, -0.05) is 37.5 Å². The van der Waals surface area contributed by atoms with E-state index in [0.717, 1.165) is 63.0 Å². The molecule has 2 fully saturated rings. The number of ether oxygens (including phenoxy) is 2. The molecule has 170 valence electrons. The van der Waals surface area contributed by atoms with Crippen LogP contribution in [0.4, 0.5) is 5.69 Å². The second kappa shape index (κ2) is 9.69. The maximum absolute atomic E-state index is 10.3. The van der Waals surface area contributed by atoms with Crippen molar-refractivity contribution < 1.29 is 14.6 Å². The first-order valence-corrected chi connectivity index (χ1v) is 11.7. The summed E-state index contributed by atoms with van der Waals surface area (Å²) in [4.78, 5) is 9.91. The Morgan fingerprint density at radius 2 is 1.75 bits per heavy atom. The quantitative estimate of drug-likeness (QED) is 0.428. The van der Waals surface area contributed by atoms with Crippen molar-refractivity contribution >= 4 is 11.6 Å². The monoisotopic (exact) mass is 436 g/mol. The van der Waals surface area contributed by atoms with Crippen LogP contribution in [-0.4, -0.2) is 59.9 Å². The van der Waals surface area contributed by atoms with Gasteiger partial charge in [-0.15, -0.1) is 0 Å². The Kier molecular flexibility index (Phi) is 6.34. The maximum atomic E-state index is 10.3. The predicted octanol–water partition coefficient (Wildman–Crippen LogP) is 4.04. The van der Waals surface area contributed by atoms with Crippen molar-refractivity contribution in [3.8, 4) is 17.2 Å². The molecular formula is C25H32N4O3. The highest BCUT2D eigenvalue weighted by Crippen LogP contribution is 2.33. The van der Waals surface area contributed by atoms with Gasteiger partial charge < -0.3 is 24.8 Å². The Hall–Kier alpha value is -2.93. The predicted molar refractivity (Wildman–Crippen MR) is 125 cm³/mol. The van der Waals surface area contributed by atoms with E-state index in [-0.39, 0.29) is 5.75 Å². The van der Waals surface area contributed by atoms with Crippen molar-refractivity contribution in [1.82, 2.24) is 9.80 Å². The summed E-state index contributed by atoms with van der Waals surface area (Å²) in [6.45, 7) is 4.92. The molecule has 2 aromatic rings. The molecule has 0 bridgehead atoms. The number of hydrogen-bond acceptors (Lipinski definition) is 5. The lowest BCUT2D eigenvalue weighted by Crippen LogP contribution is -2.50. The second-order valence-electron chi connectivity index (χ2n) is 8.84. The minimum absolute atomic E-state index is 0.255. The smallest absolute Gasteiger partial charge is 0.231 e. The van der Waals surface area contributed by atoms with Crippen LogP contribution in [0.1, 0.15) is 37.7 Å². The largest absolute Gasteiger partial charge is 0.506 e. The van der Waals surface area contributed by atoms with Crippen LogP contribution in [0, 0.1) is 0 Å². The van der Waals surface area contributed by atoms with Crippen LogP contribution >= 0.6 is 0 Å². The summed E-state index contributed by atoms with van der Waals surface area (Å²) < 4.78 is 10.9. The summed E-state index contributed by atoms with van der Waals surface area (Å²) in [5, 5.41) is 13.7. The number of piperazine rings is 1. The lowest BCUT2D eigenvalue weighted by molar-refractivity contribution is 0.172. The zero-order valence-corrected chi connectivity index (χ0v) is 18.5. The van der Waals surface area contributed by atoms with E-state index in [1.807, 2.05) is 24.3 Å². The molecule has 2 aromatic carbocycles. The van der Waals surface area contributed by atoms with Gasteiger partial charge in [0.1, 0.15) is 5.75 Å². The SMILES string of the molecule is Oc1ccccc1NC(=NC1CCCCC1)N1CCN(Cc2ccc3c(c2)OCO3)CC1. The van der Waals surface area contributed by atoms with Crippen LogP contribution in [0.25, 0.3) is 0 Å². The molecular weight excluding hydrogens is 404 g/mol. The van der Waals surface area contributed by atoms with Crippen LogP contribution in [-0.2, 0) is 6.54 Å². The average molecular weight is 437 g/mol. The minimum Gasteiger partial charge on any atom is -0.506 e. The van der Waals surface area contributed by atoms with Crippen molar-refractivity contribution in [3.63, 3.8) is 0 Å². The molecule has 7 nitrogen and oxygen atoms in total. The zero-order chi connectivity index (χ0) is 21.8. The first-order valence-electron chi connectivity index (χ1n) is 11.7. The standard InChI is InChI=1S/C25H32N4O3/c30-22-9-5-4-8-21(22)27-25(26-20-6-2-1-3-7-20)29-14-12-28(13-15-29)17-19-10-11-23-24(16-19)32-18-31-23/h4-5,8-11,16,20,30H,1-3,6-7,12-15,17-18H2,(H,26,27). The Bertz CT molecular complexity index is 950. The molecule has 2 aliphatic heterocycles. The summed E-state index contributed by atoms with van der Waals surface area (Å²) in [7, 11) is 0. The van der Waals surface area contributed by atoms with Crippen LogP contribution in [0.2, 0.25) is 0 Å². The minimum atomic E-state index is 0.255. The number of aromatic hydroxyl groups is 1. The van der Waals surface area contributed by atoms with Crippen LogP contribution in [0.3, 0.4) is 0 Å². The number of nitrogens with one attached hydrogen (secondary N) is 1. The van der Waals surface area contributed by atoms with E-state index in [1.165, 1.54) is 24.8 Å². The van der Waals surface area contributed by atoms with Gasteiger partial charge in [0.15, 0.2) is 17.5 Å². The van der Waals surface area contributed by atoms with Gasteiger partial charge in [-0.05, 0) is 42.7 Å². The lowest BCUT2D eigenvalue weighted by atomic mass is 9.96. The molecule has 1 saturated heterocycles. The number of benzene rings is 2. The third-order valence-corrected chi connectivity index (χ3v) is 6.55. The van der Waals surface area contributed by atoms with Crippen LogP contribution < -0.4 is 14.8 Å². The van der Waals surface area contributed by atoms with Crippen molar-refractivity contribution in [2.24, 2.45) is 4.99 Å². The summed E-state index contributed by atoms with van der Waals surface area (Å²) in [5.41, 5.74) is 1.95. The number of fused-ring (bicyclic) bond motifs is 1. The number of phenolic OH excluding ortho intramolecular Hbond substituents is 1. The zero-order valence-electron chi connectivity index (χ0n) is 18.5. The van der Waals surface area contributed by atoms with Gasteiger partial charge in [-0.25, -0.2) is 4.99 Å². The summed E-state index contributed by atoms with van der Waals surface area (Å²) >= 11 is 0. The number of guanidine groups is 1. The molecule has 0 radical (unpaired) electrons. The van der Waals surface area contributed by atoms with E-state index in [0.29, 0.717) is 18.5 Å². The fourth-order valence-corrected chi connectivity index (χ4v) is 4.69. The summed E-state index contributed by atoms with van der Waals surface area (Å²) in [6, 6.07) is 14.0. The highest BCUT2D eigenvalue weighted by molar-refractivity contribution is 5.95. The Morgan fingerprint density at radius 3 is 2.56 bits per heavy atom. The van der Waals surface area contributed by atoms with E-state index in [4.69, 9.17) is 14.5 Å². The molecule has 3 aliphatic rings. The molecule has 0 amide bonds. The van der Waals surface area contributed by atoms with E-state index in [1.54, 1.807) is 6.07 Å². The molecule has 2 N–H and O–H groups in total. The summed E-state index contributed by atoms with van der Waals surface area (Å²) in [5.74, 6) is 2.82. The number of phenols is 1. The molecule has 0 unspecified atom stereocenters. The molecule has 0 aromatic heterocycles. The molecule has 1 saturated carbocycles. The third-order valence-electron chi connectivity index (χ3n) is 6.55. The fraction of sp³-hybridized carbons (Fsp3) is 0.480. The number of para-hydroxylation sites is 2. The van der Waals surface area contributed by atoms with Crippen molar-refractivity contribution in [3.05, 3.63) is 48.0 Å². The van der Waals surface area contributed by atoms with E-state index in [9.17, 15) is 5.11 Å². The Balaban J connectivity index is 1.24. The van der Waals surface area contributed by atoms with E-state index < -0.39 is 0 Å². The fourth-order valence-electron chi connectivity index (χ4n) is 4.69. The van der Waals surface area contributed by atoms with Crippen LogP contribution in [0.5, 0.6) is 17.2 Å². The lowest BCUT2D eigenvalue weighted by Gasteiger charge is -2.37. The average Bonchev–Trinajstić information content (AvgIpc) is 3.29. The van der Waals surface area contributed by atoms with Crippen molar-refractivity contribution in [1.29, 1.82) is 0 Å². The number of hydrogen-bond donors (Lipinski definition) is 2. The van der Waals surface area contributed by atoms with Crippen LogP contribution in [0.15, 0.2) is 47.5 Å². The number of anilines is 1. The number of aliphatic imine (C=N–C) groups is 1. The highest BCUT2D eigenvalue weighted by atomic mass is 16.7. The Labute approximate surface area is 189 Å². The molecule has 32 heavy (non-hydrogen) atoms. The van der Waals surface area contributed by atoms with Gasteiger partial charge in [0.25, 0.3) is 0 Å². The highest BCUT2D eigenvalue weighted by Gasteiger charge is 2.23. The molecule has 0 spiro atoms. The first-order chi connectivity index (χ1) is 15.7. The van der Waals surface area contributed by atoms with Gasteiger partial charge in [0.05, 0.1) is 11.7 Å². The van der Waals surface area contributed by atoms with Gasteiger partial charge in [-0.2, -0.15) is 0 Å². The first kappa shape index (κ1) is 20.9. The van der Waals surface area contributed by atoms with Crippen molar-refractivity contribution in [2.75, 3.05) is 38.3 Å². The van der Waals surface area contributed by atoms with Gasteiger partial charge in [-0.3, -0.25) is 4.90 Å². The Morgan fingerprint density at radius 1 is 0.969 bits per heavy atom. The molecule has 7 heteroatoms. The third kappa shape index (κ3) is 4.93. The number of rotatable bonds is 4. The van der Waals surface area contributed by atoms with Gasteiger partial charge >= 0.3 is 0 Å². The second-order valence-corrected chi connectivity index (χ2v) is 8.84. The molecule has 0 atom stereocenters. The van der Waals surface area contributed by atoms with E-state index >= 15 is 0 Å². The molecule has 2 heterocycles. The summed E-state index contributed by atoms with van der Waals surface area (Å²) in [6.07, 6.45) is 6.11. The normalized spacial score (nSPS) is 19.9. The number of nitrogens with zero attached hydrogens (tertiary/aromatic N) is 3. The van der Waals surface area contributed by atoms with E-state index in [2.05, 4.69) is 27.2 Å². The maximum Gasteiger partial charge on any atom is 0.231 e. The van der Waals surface area contributed by atoms with Gasteiger partial charge in [0.2, 0.25) is 6.79 Å². The van der Waals surface area contributed by atoms with Gasteiger partial charge in [0, 0.05) is 32.7 Å². The topological polar surface area (TPSA) is 69.6 Å². The molecule has 1 aliphatic carbocycles. The van der Waals surface area contributed by atoms with Crippen molar-refractivity contribution in [2.45, 2.75) is 44.7 Å². The molecule has 5 rings (SSSR count).